The van der Waals surface area contributed by atoms with E-state index in [0.717, 1.165) is 25.2 Å². The second kappa shape index (κ2) is 6.83. The Hall–Kier alpha value is -1.72. The topological polar surface area (TPSA) is 68.8 Å². The molecule has 0 saturated carbocycles. The number of aromatic nitrogens is 3. The number of nitrogens with two attached hydrogens (primary N) is 1. The van der Waals surface area contributed by atoms with Gasteiger partial charge in [0.05, 0.1) is 0 Å². The summed E-state index contributed by atoms with van der Waals surface area (Å²) in [5.41, 5.74) is 4.13. The molecule has 2 aromatic rings. The average molecular weight is 287 g/mol. The van der Waals surface area contributed by atoms with Gasteiger partial charge in [-0.05, 0) is 12.0 Å². The molecule has 1 unspecified atom stereocenters. The Balaban J connectivity index is 2.21. The molecule has 0 saturated heterocycles. The summed E-state index contributed by atoms with van der Waals surface area (Å²) in [7, 11) is 0. The summed E-state index contributed by atoms with van der Waals surface area (Å²) >= 11 is 0. The van der Waals surface area contributed by atoms with Gasteiger partial charge in [-0.3, -0.25) is 16.0 Å². The first kappa shape index (κ1) is 15.7. The molecular formula is C16H25N5. The fourth-order valence-corrected chi connectivity index (χ4v) is 2.62. The second-order valence-corrected chi connectivity index (χ2v) is 5.91. The molecule has 0 radical (unpaired) electrons. The van der Waals surface area contributed by atoms with E-state index < -0.39 is 0 Å². The zero-order valence-electron chi connectivity index (χ0n) is 13.1. The minimum Gasteiger partial charge on any atom is -0.271 e. The van der Waals surface area contributed by atoms with Crippen molar-refractivity contribution in [2.45, 2.75) is 51.6 Å². The van der Waals surface area contributed by atoms with Gasteiger partial charge in [-0.15, -0.1) is 0 Å². The van der Waals surface area contributed by atoms with Crippen molar-refractivity contribution >= 4 is 0 Å². The number of aryl methyl sites for hydroxylation is 1. The lowest BCUT2D eigenvalue weighted by Crippen LogP contribution is -2.50. The molecule has 2 rings (SSSR count). The van der Waals surface area contributed by atoms with E-state index in [1.165, 1.54) is 5.56 Å². The number of hydrazine groups is 1. The zero-order chi connectivity index (χ0) is 15.3. The monoisotopic (exact) mass is 287 g/mol. The summed E-state index contributed by atoms with van der Waals surface area (Å²) in [5, 5.41) is 4.29. The Kier molecular flexibility index (Phi) is 5.09. The number of nitrogens with one attached hydrogen (secondary N) is 1. The van der Waals surface area contributed by atoms with Gasteiger partial charge in [0, 0.05) is 24.4 Å². The molecular weight excluding hydrogens is 262 g/mol. The van der Waals surface area contributed by atoms with E-state index in [-0.39, 0.29) is 11.5 Å². The first-order valence-corrected chi connectivity index (χ1v) is 7.48. The molecule has 5 heteroatoms. The Bertz CT molecular complexity index is 547. The third-order valence-electron chi connectivity index (χ3n) is 4.11. The standard InChI is InChI=1S/C16H25N5/c1-4-10-21-15(18-12-19-21)11-14(20-17)16(2,3)13-8-6-5-7-9-13/h5-9,12,14,20H,4,10-11,17H2,1-3H3. The maximum absolute atomic E-state index is 5.83. The highest BCUT2D eigenvalue weighted by molar-refractivity contribution is 5.26. The lowest BCUT2D eigenvalue weighted by Gasteiger charge is -2.34. The third-order valence-corrected chi connectivity index (χ3v) is 4.11. The minimum atomic E-state index is -0.0982. The van der Waals surface area contributed by atoms with Crippen LogP contribution in [0.4, 0.5) is 0 Å². The van der Waals surface area contributed by atoms with Gasteiger partial charge in [0.25, 0.3) is 0 Å². The van der Waals surface area contributed by atoms with Crippen LogP contribution in [0.1, 0.15) is 38.6 Å². The van der Waals surface area contributed by atoms with E-state index in [0.29, 0.717) is 0 Å². The number of nitrogens with zero attached hydrogens (tertiary/aromatic N) is 3. The fourth-order valence-electron chi connectivity index (χ4n) is 2.62. The predicted molar refractivity (Wildman–Crippen MR) is 84.6 cm³/mol. The van der Waals surface area contributed by atoms with Gasteiger partial charge < -0.3 is 0 Å². The second-order valence-electron chi connectivity index (χ2n) is 5.91. The molecule has 3 N–H and O–H groups in total. The van der Waals surface area contributed by atoms with Crippen LogP contribution in [0.5, 0.6) is 0 Å². The Morgan fingerprint density at radius 3 is 2.62 bits per heavy atom. The summed E-state index contributed by atoms with van der Waals surface area (Å²) in [5.74, 6) is 6.81. The molecule has 21 heavy (non-hydrogen) atoms. The van der Waals surface area contributed by atoms with E-state index in [2.05, 4.69) is 60.5 Å². The highest BCUT2D eigenvalue weighted by Gasteiger charge is 2.31. The molecule has 114 valence electrons. The van der Waals surface area contributed by atoms with E-state index in [9.17, 15) is 0 Å². The maximum atomic E-state index is 5.83. The van der Waals surface area contributed by atoms with Crippen LogP contribution in [0.25, 0.3) is 0 Å². The molecule has 0 fully saturated rings. The lowest BCUT2D eigenvalue weighted by molar-refractivity contribution is 0.332. The van der Waals surface area contributed by atoms with Crippen molar-refractivity contribution in [2.24, 2.45) is 5.84 Å². The van der Waals surface area contributed by atoms with Crippen molar-refractivity contribution in [2.75, 3.05) is 0 Å². The summed E-state index contributed by atoms with van der Waals surface area (Å²) < 4.78 is 1.96. The average Bonchev–Trinajstić information content (AvgIpc) is 2.93. The van der Waals surface area contributed by atoms with Gasteiger partial charge in [0.2, 0.25) is 0 Å². The summed E-state index contributed by atoms with van der Waals surface area (Å²) in [6, 6.07) is 10.5. The molecule has 5 nitrogen and oxygen atoms in total. The maximum Gasteiger partial charge on any atom is 0.138 e. The van der Waals surface area contributed by atoms with Crippen molar-refractivity contribution in [3.63, 3.8) is 0 Å². The van der Waals surface area contributed by atoms with Crippen molar-refractivity contribution in [3.05, 3.63) is 48.0 Å². The van der Waals surface area contributed by atoms with Crippen LogP contribution in [0, 0.1) is 0 Å². The van der Waals surface area contributed by atoms with Crippen molar-refractivity contribution in [1.29, 1.82) is 0 Å². The summed E-state index contributed by atoms with van der Waals surface area (Å²) in [4.78, 5) is 4.39. The zero-order valence-corrected chi connectivity index (χ0v) is 13.1. The molecule has 0 aliphatic carbocycles. The molecule has 0 aliphatic heterocycles. The van der Waals surface area contributed by atoms with E-state index in [1.807, 2.05) is 10.7 Å². The molecule has 0 aliphatic rings. The van der Waals surface area contributed by atoms with Crippen LogP contribution in [-0.4, -0.2) is 20.8 Å². The molecule has 1 aromatic carbocycles. The smallest absolute Gasteiger partial charge is 0.138 e. The van der Waals surface area contributed by atoms with Crippen LogP contribution in [0.3, 0.4) is 0 Å². The molecule has 0 amide bonds. The van der Waals surface area contributed by atoms with Crippen molar-refractivity contribution < 1.29 is 0 Å². The van der Waals surface area contributed by atoms with Gasteiger partial charge in [-0.2, -0.15) is 5.10 Å². The van der Waals surface area contributed by atoms with Crippen molar-refractivity contribution in [1.82, 2.24) is 20.2 Å². The Morgan fingerprint density at radius 1 is 1.29 bits per heavy atom. The first-order chi connectivity index (χ1) is 10.1. The van der Waals surface area contributed by atoms with Crippen LogP contribution in [-0.2, 0) is 18.4 Å². The normalized spacial score (nSPS) is 13.3. The summed E-state index contributed by atoms with van der Waals surface area (Å²) in [6.45, 7) is 7.43. The number of hydrogen-bond donors (Lipinski definition) is 2. The number of rotatable bonds is 7. The highest BCUT2D eigenvalue weighted by atomic mass is 15.3. The predicted octanol–water partition coefficient (Wildman–Crippen LogP) is 2.04. The minimum absolute atomic E-state index is 0.0831. The third kappa shape index (κ3) is 3.49. The molecule has 0 spiro atoms. The van der Waals surface area contributed by atoms with Gasteiger partial charge in [0.1, 0.15) is 12.2 Å². The van der Waals surface area contributed by atoms with Crippen LogP contribution >= 0.6 is 0 Å². The van der Waals surface area contributed by atoms with E-state index in [4.69, 9.17) is 5.84 Å². The van der Waals surface area contributed by atoms with Crippen LogP contribution in [0.15, 0.2) is 36.7 Å². The Labute approximate surface area is 126 Å². The van der Waals surface area contributed by atoms with Crippen LogP contribution < -0.4 is 11.3 Å². The van der Waals surface area contributed by atoms with Crippen molar-refractivity contribution in [3.8, 4) is 0 Å². The van der Waals surface area contributed by atoms with E-state index in [1.54, 1.807) is 6.33 Å². The quantitative estimate of drug-likeness (QED) is 0.604. The highest BCUT2D eigenvalue weighted by Crippen LogP contribution is 2.28. The lowest BCUT2D eigenvalue weighted by atomic mass is 9.76. The molecule has 0 bridgehead atoms. The largest absolute Gasteiger partial charge is 0.271 e. The molecule has 1 aromatic heterocycles. The molecule has 1 heterocycles. The van der Waals surface area contributed by atoms with Crippen LogP contribution in [0.2, 0.25) is 0 Å². The molecule has 1 atom stereocenters. The SMILES string of the molecule is CCCn1ncnc1CC(NN)C(C)(C)c1ccccc1. The van der Waals surface area contributed by atoms with E-state index >= 15 is 0 Å². The van der Waals surface area contributed by atoms with Gasteiger partial charge in [0.15, 0.2) is 0 Å². The fraction of sp³-hybridized carbons (Fsp3) is 0.500. The summed E-state index contributed by atoms with van der Waals surface area (Å²) in [6.07, 6.45) is 3.41. The van der Waals surface area contributed by atoms with Gasteiger partial charge in [-0.1, -0.05) is 51.1 Å². The number of hydrogen-bond acceptors (Lipinski definition) is 4. The number of benzene rings is 1. The van der Waals surface area contributed by atoms with Gasteiger partial charge >= 0.3 is 0 Å². The first-order valence-electron chi connectivity index (χ1n) is 7.48. The van der Waals surface area contributed by atoms with Gasteiger partial charge in [-0.25, -0.2) is 4.98 Å². The Morgan fingerprint density at radius 2 is 2.00 bits per heavy atom.